The largest absolute Gasteiger partial charge is 0.492 e. The normalized spacial score (nSPS) is 18.4. The zero-order valence-corrected chi connectivity index (χ0v) is 28.2. The molecule has 1 aliphatic carbocycles. The Kier molecular flexibility index (Phi) is 12.7. The molecule has 0 atom stereocenters. The number of alkyl carbamates (subject to hydrolysis) is 1. The van der Waals surface area contributed by atoms with Crippen molar-refractivity contribution >= 4 is 26.3 Å². The smallest absolute Gasteiger partial charge is 0.407 e. The van der Waals surface area contributed by atoms with E-state index < -0.39 is 32.0 Å². The minimum Gasteiger partial charge on any atom is -0.492 e. The zero-order chi connectivity index (χ0) is 31.7. The highest BCUT2D eigenvalue weighted by atomic mass is 28.4. The highest BCUT2D eigenvalue weighted by Crippen LogP contribution is 2.41. The highest BCUT2D eigenvalue weighted by molar-refractivity contribution is 6.74. The SMILES string of the molecule is COC(=O)C(Cc1ccc(OCCNC(=O)OC(C)(C)C)cc1)=C(C(=O)OC)C1CCC(O[Si](C)(C)C(C)(C)C)CC1. The molecule has 10 heteroatoms. The summed E-state index contributed by atoms with van der Waals surface area (Å²) in [5.74, 6) is -0.544. The van der Waals surface area contributed by atoms with Crippen LogP contribution in [0.3, 0.4) is 0 Å². The summed E-state index contributed by atoms with van der Waals surface area (Å²) in [6, 6.07) is 7.27. The van der Waals surface area contributed by atoms with E-state index in [1.54, 1.807) is 32.9 Å². The van der Waals surface area contributed by atoms with Crippen molar-refractivity contribution < 1.29 is 37.8 Å². The lowest BCUT2D eigenvalue weighted by Gasteiger charge is -2.41. The third-order valence-electron chi connectivity index (χ3n) is 7.86. The van der Waals surface area contributed by atoms with E-state index in [9.17, 15) is 14.4 Å². The van der Waals surface area contributed by atoms with Gasteiger partial charge in [-0.1, -0.05) is 32.9 Å². The topological polar surface area (TPSA) is 109 Å². The van der Waals surface area contributed by atoms with Gasteiger partial charge in [-0.15, -0.1) is 0 Å². The summed E-state index contributed by atoms with van der Waals surface area (Å²) in [4.78, 5) is 37.8. The Labute approximate surface area is 252 Å². The number of hydrogen-bond acceptors (Lipinski definition) is 8. The van der Waals surface area contributed by atoms with Gasteiger partial charge in [-0.25, -0.2) is 14.4 Å². The molecule has 0 aromatic heterocycles. The molecule has 9 nitrogen and oxygen atoms in total. The molecule has 1 amide bonds. The second-order valence-corrected chi connectivity index (χ2v) is 18.1. The van der Waals surface area contributed by atoms with Crippen LogP contribution in [-0.4, -0.2) is 65.4 Å². The molecule has 236 valence electrons. The Morgan fingerprint density at radius 1 is 0.881 bits per heavy atom. The van der Waals surface area contributed by atoms with Crippen LogP contribution in [0.4, 0.5) is 4.79 Å². The maximum Gasteiger partial charge on any atom is 0.407 e. The van der Waals surface area contributed by atoms with Crippen molar-refractivity contribution in [3.63, 3.8) is 0 Å². The quantitative estimate of drug-likeness (QED) is 0.102. The monoisotopic (exact) mass is 605 g/mol. The Morgan fingerprint density at radius 3 is 1.95 bits per heavy atom. The van der Waals surface area contributed by atoms with Gasteiger partial charge in [-0.05, 0) is 88.2 Å². The lowest BCUT2D eigenvalue weighted by Crippen LogP contribution is -2.44. The van der Waals surface area contributed by atoms with Gasteiger partial charge in [-0.2, -0.15) is 0 Å². The fourth-order valence-corrected chi connectivity index (χ4v) is 6.08. The molecule has 0 unspecified atom stereocenters. The number of ether oxygens (including phenoxy) is 4. The average Bonchev–Trinajstić information content (AvgIpc) is 2.90. The number of amides is 1. The number of benzene rings is 1. The summed E-state index contributed by atoms with van der Waals surface area (Å²) >= 11 is 0. The van der Waals surface area contributed by atoms with Gasteiger partial charge in [0.15, 0.2) is 8.32 Å². The first-order valence-corrected chi connectivity index (χ1v) is 17.6. The van der Waals surface area contributed by atoms with Crippen molar-refractivity contribution in [1.82, 2.24) is 5.32 Å². The van der Waals surface area contributed by atoms with Gasteiger partial charge in [0, 0.05) is 12.5 Å². The summed E-state index contributed by atoms with van der Waals surface area (Å²) in [5, 5.41) is 2.77. The van der Waals surface area contributed by atoms with Crippen LogP contribution < -0.4 is 10.1 Å². The first kappa shape index (κ1) is 35.3. The molecule has 1 N–H and O–H groups in total. The van der Waals surface area contributed by atoms with Crippen LogP contribution in [-0.2, 0) is 34.6 Å². The standard InChI is InChI=1S/C32H51NO8Si/c1-31(2,3)40-30(36)33-19-20-39-24-15-11-22(12-16-24)21-26(28(34)37-7)27(29(35)38-8)23-13-17-25(18-14-23)41-42(9,10)32(4,5)6/h11-12,15-16,23,25H,13-14,17-21H2,1-10H3,(H,33,36). The summed E-state index contributed by atoms with van der Waals surface area (Å²) in [6.07, 6.45) is 2.97. The molecule has 0 radical (unpaired) electrons. The second kappa shape index (κ2) is 15.0. The van der Waals surface area contributed by atoms with Crippen LogP contribution >= 0.6 is 0 Å². The van der Waals surface area contributed by atoms with Crippen molar-refractivity contribution in [1.29, 1.82) is 0 Å². The molecule has 0 bridgehead atoms. The lowest BCUT2D eigenvalue weighted by molar-refractivity contribution is -0.140. The first-order valence-electron chi connectivity index (χ1n) is 14.7. The van der Waals surface area contributed by atoms with Gasteiger partial charge in [0.1, 0.15) is 18.0 Å². The van der Waals surface area contributed by atoms with Crippen LogP contribution in [0.1, 0.15) is 72.8 Å². The van der Waals surface area contributed by atoms with E-state index in [2.05, 4.69) is 39.2 Å². The Hall–Kier alpha value is -2.85. The molecule has 0 spiro atoms. The van der Waals surface area contributed by atoms with Crippen molar-refractivity contribution in [3.05, 3.63) is 41.0 Å². The van der Waals surface area contributed by atoms with Crippen LogP contribution in [0.25, 0.3) is 0 Å². The van der Waals surface area contributed by atoms with E-state index >= 15 is 0 Å². The van der Waals surface area contributed by atoms with Crippen LogP contribution in [0.5, 0.6) is 5.75 Å². The van der Waals surface area contributed by atoms with Crippen molar-refractivity contribution in [2.45, 2.75) is 103 Å². The first-order chi connectivity index (χ1) is 19.5. The molecule has 42 heavy (non-hydrogen) atoms. The fourth-order valence-electron chi connectivity index (χ4n) is 4.65. The molecule has 0 heterocycles. The molecule has 1 aromatic rings. The fraction of sp³-hybridized carbons (Fsp3) is 0.656. The Balaban J connectivity index is 2.12. The van der Waals surface area contributed by atoms with E-state index in [1.807, 2.05) is 12.1 Å². The summed E-state index contributed by atoms with van der Waals surface area (Å²) in [6.45, 7) is 17.2. The average molecular weight is 606 g/mol. The van der Waals surface area contributed by atoms with Gasteiger partial charge in [0.05, 0.1) is 31.9 Å². The predicted octanol–water partition coefficient (Wildman–Crippen LogP) is 6.36. The maximum absolute atomic E-state index is 13.1. The van der Waals surface area contributed by atoms with E-state index in [-0.39, 0.29) is 36.6 Å². The van der Waals surface area contributed by atoms with Gasteiger partial charge < -0.3 is 28.7 Å². The molecule has 0 aliphatic heterocycles. The number of hydrogen-bond donors (Lipinski definition) is 1. The third-order valence-corrected chi connectivity index (χ3v) is 12.4. The molecule has 0 saturated heterocycles. The molecular weight excluding hydrogens is 554 g/mol. The molecule has 1 saturated carbocycles. The number of nitrogens with one attached hydrogen (secondary N) is 1. The van der Waals surface area contributed by atoms with Gasteiger partial charge in [0.25, 0.3) is 0 Å². The number of rotatable bonds is 11. The predicted molar refractivity (Wildman–Crippen MR) is 165 cm³/mol. The Morgan fingerprint density at radius 2 is 1.45 bits per heavy atom. The molecular formula is C32H51NO8Si. The lowest BCUT2D eigenvalue weighted by atomic mass is 9.79. The van der Waals surface area contributed by atoms with Gasteiger partial charge in [0.2, 0.25) is 0 Å². The minimum absolute atomic E-state index is 0.120. The van der Waals surface area contributed by atoms with Crippen LogP contribution in [0.15, 0.2) is 35.4 Å². The van der Waals surface area contributed by atoms with E-state index in [0.717, 1.165) is 31.2 Å². The van der Waals surface area contributed by atoms with Gasteiger partial charge in [-0.3, -0.25) is 0 Å². The van der Waals surface area contributed by atoms with Crippen LogP contribution in [0, 0.1) is 5.92 Å². The van der Waals surface area contributed by atoms with Crippen molar-refractivity contribution in [2.75, 3.05) is 27.4 Å². The summed E-state index contributed by atoms with van der Waals surface area (Å²) in [5.41, 5.74) is 0.966. The molecule has 1 aromatic carbocycles. The van der Waals surface area contributed by atoms with E-state index in [4.69, 9.17) is 23.4 Å². The number of carbonyl (C=O) groups excluding carboxylic acids is 3. The Bertz CT molecular complexity index is 1090. The summed E-state index contributed by atoms with van der Waals surface area (Å²) < 4.78 is 27.8. The van der Waals surface area contributed by atoms with E-state index in [0.29, 0.717) is 16.9 Å². The van der Waals surface area contributed by atoms with Crippen molar-refractivity contribution in [2.24, 2.45) is 5.92 Å². The van der Waals surface area contributed by atoms with Crippen LogP contribution in [0.2, 0.25) is 18.1 Å². The number of carbonyl (C=O) groups is 3. The zero-order valence-electron chi connectivity index (χ0n) is 27.2. The second-order valence-electron chi connectivity index (χ2n) is 13.3. The third kappa shape index (κ3) is 10.8. The minimum atomic E-state index is -1.91. The number of methoxy groups -OCH3 is 2. The molecule has 2 rings (SSSR count). The summed E-state index contributed by atoms with van der Waals surface area (Å²) in [7, 11) is 0.755. The maximum atomic E-state index is 13.1. The number of esters is 2. The molecule has 1 fully saturated rings. The van der Waals surface area contributed by atoms with Gasteiger partial charge >= 0.3 is 18.0 Å². The van der Waals surface area contributed by atoms with Crippen molar-refractivity contribution in [3.8, 4) is 5.75 Å². The van der Waals surface area contributed by atoms with E-state index in [1.165, 1.54) is 14.2 Å². The molecule has 1 aliphatic rings. The highest BCUT2D eigenvalue weighted by Gasteiger charge is 2.41.